The summed E-state index contributed by atoms with van der Waals surface area (Å²) in [5.74, 6) is 0.386. The lowest BCUT2D eigenvalue weighted by atomic mass is 10.3. The third-order valence-corrected chi connectivity index (χ3v) is 3.61. The van der Waals surface area contributed by atoms with E-state index in [1.165, 1.54) is 0 Å². The Morgan fingerprint density at radius 2 is 2.00 bits per heavy atom. The predicted molar refractivity (Wildman–Crippen MR) is 99.1 cm³/mol. The molecule has 0 aliphatic carbocycles. The van der Waals surface area contributed by atoms with Crippen molar-refractivity contribution in [2.75, 3.05) is 5.32 Å². The molecule has 2 aromatic carbocycles. The summed E-state index contributed by atoms with van der Waals surface area (Å²) in [6.45, 7) is 0. The van der Waals surface area contributed by atoms with Crippen molar-refractivity contribution in [3.63, 3.8) is 0 Å². The lowest BCUT2D eigenvalue weighted by Crippen LogP contribution is -2.24. The molecule has 122 valence electrons. The smallest absolute Gasteiger partial charge is 0.212 e. The summed E-state index contributed by atoms with van der Waals surface area (Å²) in [5.41, 5.74) is 2.42. The van der Waals surface area contributed by atoms with Crippen molar-refractivity contribution in [3.8, 4) is 5.69 Å². The Bertz CT molecular complexity index is 821. The highest BCUT2D eigenvalue weighted by atomic mass is 35.5. The van der Waals surface area contributed by atoms with Crippen LogP contribution in [0.4, 0.5) is 11.4 Å². The van der Waals surface area contributed by atoms with Gasteiger partial charge in [0.05, 0.1) is 11.4 Å². The fourth-order valence-corrected chi connectivity index (χ4v) is 2.43. The quantitative estimate of drug-likeness (QED) is 0.280. The van der Waals surface area contributed by atoms with Gasteiger partial charge in [-0.05, 0) is 48.5 Å². The van der Waals surface area contributed by atoms with Crippen LogP contribution in [0.5, 0.6) is 0 Å². The lowest BCUT2D eigenvalue weighted by molar-refractivity contribution is 0.661. The molecule has 0 radical (unpaired) electrons. The highest BCUT2D eigenvalue weighted by Gasteiger charge is 2.02. The van der Waals surface area contributed by atoms with Gasteiger partial charge in [-0.3, -0.25) is 4.72 Å². The molecule has 0 saturated heterocycles. The molecule has 0 fully saturated rings. The zero-order valence-electron chi connectivity index (χ0n) is 12.4. The summed E-state index contributed by atoms with van der Waals surface area (Å²) >= 11 is 6.43. The number of nitrogens with one attached hydrogen (secondary N) is 2. The highest BCUT2D eigenvalue weighted by molar-refractivity contribution is 7.92. The maximum absolute atomic E-state index is 9.06. The van der Waals surface area contributed by atoms with Gasteiger partial charge in [0.2, 0.25) is 5.96 Å². The minimum Gasteiger partial charge on any atom is -0.325 e. The molecule has 3 N–H and O–H groups in total. The molecule has 0 unspecified atom stereocenters. The molecule has 24 heavy (non-hydrogen) atoms. The normalized spacial score (nSPS) is 11.3. The number of anilines is 1. The Kier molecular flexibility index (Phi) is 5.37. The van der Waals surface area contributed by atoms with Gasteiger partial charge in [-0.1, -0.05) is 17.7 Å². The number of rotatable bonds is 4. The van der Waals surface area contributed by atoms with Crippen molar-refractivity contribution < 1.29 is 4.55 Å². The Hall–Kier alpha value is -2.48. The van der Waals surface area contributed by atoms with Crippen molar-refractivity contribution in [1.29, 1.82) is 0 Å². The van der Waals surface area contributed by atoms with Crippen LogP contribution in [-0.4, -0.2) is 20.3 Å². The number of nitrogens with zero attached hydrogens (tertiary/aromatic N) is 3. The van der Waals surface area contributed by atoms with Gasteiger partial charge in [0.15, 0.2) is 0 Å². The van der Waals surface area contributed by atoms with Crippen molar-refractivity contribution in [1.82, 2.24) is 14.5 Å². The Morgan fingerprint density at radius 1 is 1.17 bits per heavy atom. The number of aliphatic imine (C=N–C) groups is 1. The van der Waals surface area contributed by atoms with E-state index in [0.29, 0.717) is 23.2 Å². The fourth-order valence-electron chi connectivity index (χ4n) is 2.05. The summed E-state index contributed by atoms with van der Waals surface area (Å²) in [4.78, 5) is 4.44. The van der Waals surface area contributed by atoms with Crippen LogP contribution in [0.2, 0.25) is 5.02 Å². The van der Waals surface area contributed by atoms with Crippen LogP contribution in [0.25, 0.3) is 5.69 Å². The van der Waals surface area contributed by atoms with Crippen molar-refractivity contribution >= 4 is 41.2 Å². The number of aromatic nitrogens is 2. The van der Waals surface area contributed by atoms with Crippen LogP contribution >= 0.6 is 23.8 Å². The molecule has 0 spiro atoms. The second-order valence-electron chi connectivity index (χ2n) is 4.76. The number of halogens is 1. The topological polar surface area (TPSA) is 74.5 Å². The largest absolute Gasteiger partial charge is 0.325 e. The molecule has 0 aliphatic rings. The number of benzene rings is 2. The van der Waals surface area contributed by atoms with Crippen LogP contribution in [0.1, 0.15) is 0 Å². The number of hydrogen-bond donors (Lipinski definition) is 3. The molecule has 0 saturated carbocycles. The highest BCUT2D eigenvalue weighted by Crippen LogP contribution is 2.18. The van der Waals surface area contributed by atoms with Crippen LogP contribution in [0.3, 0.4) is 0 Å². The molecular formula is C16H14ClN5OS. The van der Waals surface area contributed by atoms with Gasteiger partial charge in [0.1, 0.15) is 12.2 Å². The van der Waals surface area contributed by atoms with E-state index in [2.05, 4.69) is 20.1 Å². The summed E-state index contributed by atoms with van der Waals surface area (Å²) in [5, 5.41) is 7.86. The predicted octanol–water partition coefficient (Wildman–Crippen LogP) is 4.34. The van der Waals surface area contributed by atoms with E-state index in [1.54, 1.807) is 23.0 Å². The van der Waals surface area contributed by atoms with E-state index in [9.17, 15) is 0 Å². The van der Waals surface area contributed by atoms with Crippen molar-refractivity contribution in [3.05, 3.63) is 72.0 Å². The summed E-state index contributed by atoms with van der Waals surface area (Å²) < 4.78 is 13.5. The Balaban J connectivity index is 1.80. The van der Waals surface area contributed by atoms with Gasteiger partial charge < -0.3 is 9.87 Å². The fraction of sp³-hybridized carbons (Fsp3) is 0. The van der Waals surface area contributed by atoms with Gasteiger partial charge in [-0.15, -0.1) is 0 Å². The minimum absolute atomic E-state index is 0.386. The number of hydrogen-bond acceptors (Lipinski definition) is 4. The van der Waals surface area contributed by atoms with Crippen LogP contribution in [0.15, 0.2) is 72.0 Å². The van der Waals surface area contributed by atoms with Crippen LogP contribution < -0.4 is 10.0 Å². The maximum Gasteiger partial charge on any atom is 0.212 e. The zero-order chi connectivity index (χ0) is 16.8. The van der Waals surface area contributed by atoms with Crippen molar-refractivity contribution in [2.24, 2.45) is 4.99 Å². The van der Waals surface area contributed by atoms with Gasteiger partial charge in [-0.25, -0.2) is 9.67 Å². The third kappa shape index (κ3) is 4.29. The molecule has 0 atom stereocenters. The van der Waals surface area contributed by atoms with E-state index in [0.717, 1.165) is 17.1 Å². The van der Waals surface area contributed by atoms with Crippen molar-refractivity contribution in [2.45, 2.75) is 0 Å². The average molecular weight is 360 g/mol. The molecule has 1 aromatic heterocycles. The summed E-state index contributed by atoms with van der Waals surface area (Å²) in [6, 6.07) is 16.6. The summed E-state index contributed by atoms with van der Waals surface area (Å²) in [7, 11) is 0. The molecule has 0 amide bonds. The zero-order valence-corrected chi connectivity index (χ0v) is 14.0. The lowest BCUT2D eigenvalue weighted by Gasteiger charge is -2.10. The molecule has 6 nitrogen and oxygen atoms in total. The van der Waals surface area contributed by atoms with E-state index in [-0.39, 0.29) is 0 Å². The molecule has 0 aliphatic heterocycles. The molecular weight excluding hydrogens is 346 g/mol. The average Bonchev–Trinajstić information content (AvgIpc) is 3.10. The van der Waals surface area contributed by atoms with Crippen LogP contribution in [-0.2, 0) is 0 Å². The van der Waals surface area contributed by atoms with E-state index in [4.69, 9.17) is 16.2 Å². The first-order chi connectivity index (χ1) is 11.7. The van der Waals surface area contributed by atoms with Gasteiger partial charge in [0, 0.05) is 23.1 Å². The second kappa shape index (κ2) is 7.87. The summed E-state index contributed by atoms with van der Waals surface area (Å²) in [6.07, 6.45) is 3.59. The van der Waals surface area contributed by atoms with E-state index < -0.39 is 0 Å². The first-order valence-corrected chi connectivity index (χ1v) is 8.17. The van der Waals surface area contributed by atoms with Gasteiger partial charge in [-0.2, -0.15) is 5.10 Å². The first-order valence-electron chi connectivity index (χ1n) is 7.02. The van der Waals surface area contributed by atoms with E-state index >= 15 is 0 Å². The molecule has 8 heteroatoms. The SMILES string of the molecule is OSNC(=Nc1ccc(-n2cccn2)cc1)Nc1cccc(Cl)c1. The molecule has 3 rings (SSSR count). The second-order valence-corrected chi connectivity index (χ2v) is 5.58. The maximum atomic E-state index is 9.06. The molecule has 3 aromatic rings. The standard InChI is InChI=1S/C16H14ClN5OS/c17-12-3-1-4-14(11-12)20-16(21-24-23)19-13-5-7-15(8-6-13)22-10-2-9-18-22/h1-11,23H,(H2,19,20,21). The Labute approximate surface area is 148 Å². The molecule has 1 heterocycles. The van der Waals surface area contributed by atoms with Gasteiger partial charge >= 0.3 is 0 Å². The van der Waals surface area contributed by atoms with E-state index in [1.807, 2.05) is 48.7 Å². The van der Waals surface area contributed by atoms with Crippen LogP contribution in [0, 0.1) is 0 Å². The molecule has 0 bridgehead atoms. The first kappa shape index (κ1) is 16.4. The van der Waals surface area contributed by atoms with Gasteiger partial charge in [0.25, 0.3) is 0 Å². The third-order valence-electron chi connectivity index (χ3n) is 3.09. The minimum atomic E-state index is 0.386. The number of guanidine groups is 1. The Morgan fingerprint density at radius 3 is 2.67 bits per heavy atom. The monoisotopic (exact) mass is 359 g/mol.